The van der Waals surface area contributed by atoms with E-state index >= 15 is 0 Å². The zero-order chi connectivity index (χ0) is 18.3. The Morgan fingerprint density at radius 3 is 2.81 bits per heavy atom. The second-order valence-electron chi connectivity index (χ2n) is 7.48. The molecule has 0 unspecified atom stereocenters. The van der Waals surface area contributed by atoms with Crippen LogP contribution in [0.15, 0.2) is 42.2 Å². The lowest BCUT2D eigenvalue weighted by Gasteiger charge is -2.43. The van der Waals surface area contributed by atoms with Gasteiger partial charge in [0.05, 0.1) is 11.7 Å². The van der Waals surface area contributed by atoms with E-state index in [1.807, 2.05) is 24.3 Å². The van der Waals surface area contributed by atoms with Crippen LogP contribution >= 0.6 is 0 Å². The van der Waals surface area contributed by atoms with Gasteiger partial charge in [-0.05, 0) is 31.2 Å². The molecule has 26 heavy (non-hydrogen) atoms. The summed E-state index contributed by atoms with van der Waals surface area (Å²) in [6.07, 6.45) is 6.01. The number of fused-ring (bicyclic) bond motifs is 2. The zero-order valence-corrected chi connectivity index (χ0v) is 14.9. The summed E-state index contributed by atoms with van der Waals surface area (Å²) >= 11 is 0. The maximum Gasteiger partial charge on any atom is 0.162 e. The maximum atomic E-state index is 12.8. The SMILES string of the molecule is C=CCc1cccc2c1O[C@@H]1CCCC(=O)[C@H]1[C@H]2C1=C(O)CCCC1=O. The van der Waals surface area contributed by atoms with Crippen LogP contribution in [0.4, 0.5) is 0 Å². The van der Waals surface area contributed by atoms with Crippen molar-refractivity contribution in [2.24, 2.45) is 5.92 Å². The summed E-state index contributed by atoms with van der Waals surface area (Å²) in [7, 11) is 0. The number of Topliss-reactive ketones (excluding diaryl/α,β-unsaturated/α-hetero) is 2. The van der Waals surface area contributed by atoms with Crippen LogP contribution in [-0.2, 0) is 16.0 Å². The third-order valence-electron chi connectivity index (χ3n) is 5.88. The van der Waals surface area contributed by atoms with Crippen LogP contribution in [0.1, 0.15) is 55.6 Å². The summed E-state index contributed by atoms with van der Waals surface area (Å²) in [5.74, 6) is 0.267. The van der Waals surface area contributed by atoms with Crippen LogP contribution in [0, 0.1) is 5.92 Å². The Labute approximate surface area is 153 Å². The fourth-order valence-electron chi connectivity index (χ4n) is 4.75. The average Bonchev–Trinajstić information content (AvgIpc) is 2.62. The normalized spacial score (nSPS) is 28.2. The minimum Gasteiger partial charge on any atom is -0.512 e. The number of allylic oxidation sites excluding steroid dienone is 3. The quantitative estimate of drug-likeness (QED) is 0.828. The monoisotopic (exact) mass is 352 g/mol. The molecule has 1 aliphatic heterocycles. The Morgan fingerprint density at radius 2 is 2.04 bits per heavy atom. The molecule has 4 rings (SSSR count). The first kappa shape index (κ1) is 17.1. The van der Waals surface area contributed by atoms with E-state index in [0.29, 0.717) is 37.7 Å². The Morgan fingerprint density at radius 1 is 1.19 bits per heavy atom. The number of aliphatic hydroxyl groups excluding tert-OH is 1. The largest absolute Gasteiger partial charge is 0.512 e. The molecule has 1 aromatic carbocycles. The lowest BCUT2D eigenvalue weighted by molar-refractivity contribution is -0.130. The van der Waals surface area contributed by atoms with Gasteiger partial charge in [-0.2, -0.15) is 0 Å². The summed E-state index contributed by atoms with van der Waals surface area (Å²) in [6.45, 7) is 3.82. The van der Waals surface area contributed by atoms with Crippen molar-refractivity contribution in [3.05, 3.63) is 53.3 Å². The van der Waals surface area contributed by atoms with Gasteiger partial charge in [-0.3, -0.25) is 9.59 Å². The third kappa shape index (κ3) is 2.68. The summed E-state index contributed by atoms with van der Waals surface area (Å²) in [5, 5.41) is 10.6. The number of carbonyl (C=O) groups is 2. The number of hydrogen-bond donors (Lipinski definition) is 1. The minimum atomic E-state index is -0.394. The number of ketones is 2. The Kier molecular flexibility index (Phi) is 4.43. The number of para-hydroxylation sites is 1. The molecule has 2 aliphatic carbocycles. The van der Waals surface area contributed by atoms with E-state index in [4.69, 9.17) is 4.74 Å². The van der Waals surface area contributed by atoms with Gasteiger partial charge >= 0.3 is 0 Å². The van der Waals surface area contributed by atoms with Crippen LogP contribution in [0.5, 0.6) is 5.75 Å². The summed E-state index contributed by atoms with van der Waals surface area (Å²) in [4.78, 5) is 25.5. The predicted octanol–water partition coefficient (Wildman–Crippen LogP) is 4.19. The van der Waals surface area contributed by atoms with Crippen molar-refractivity contribution in [1.82, 2.24) is 0 Å². The first-order valence-corrected chi connectivity index (χ1v) is 9.49. The molecule has 1 heterocycles. The molecule has 1 fully saturated rings. The smallest absolute Gasteiger partial charge is 0.162 e. The molecule has 3 aliphatic rings. The third-order valence-corrected chi connectivity index (χ3v) is 5.88. The highest BCUT2D eigenvalue weighted by atomic mass is 16.5. The fourth-order valence-corrected chi connectivity index (χ4v) is 4.75. The van der Waals surface area contributed by atoms with E-state index in [1.165, 1.54) is 0 Å². The highest BCUT2D eigenvalue weighted by molar-refractivity contribution is 6.00. The molecule has 0 spiro atoms. The molecule has 3 atom stereocenters. The summed E-state index contributed by atoms with van der Waals surface area (Å²) in [6, 6.07) is 5.87. The van der Waals surface area contributed by atoms with Gasteiger partial charge in [-0.15, -0.1) is 6.58 Å². The number of rotatable bonds is 3. The highest BCUT2D eigenvalue weighted by Crippen LogP contribution is 2.50. The fraction of sp³-hybridized carbons (Fsp3) is 0.455. The lowest BCUT2D eigenvalue weighted by Crippen LogP contribution is -2.45. The summed E-state index contributed by atoms with van der Waals surface area (Å²) < 4.78 is 6.30. The van der Waals surface area contributed by atoms with Gasteiger partial charge in [-0.25, -0.2) is 0 Å². The molecule has 0 saturated heterocycles. The van der Waals surface area contributed by atoms with Crippen molar-refractivity contribution in [2.75, 3.05) is 0 Å². The van der Waals surface area contributed by atoms with Crippen molar-refractivity contribution < 1.29 is 19.4 Å². The molecule has 0 amide bonds. The molecular formula is C22H24O4. The van der Waals surface area contributed by atoms with Gasteiger partial charge in [0.25, 0.3) is 0 Å². The lowest BCUT2D eigenvalue weighted by atomic mass is 9.67. The molecule has 0 bridgehead atoms. The van der Waals surface area contributed by atoms with Crippen LogP contribution in [0.3, 0.4) is 0 Å². The number of carbonyl (C=O) groups excluding carboxylic acids is 2. The average molecular weight is 352 g/mol. The number of aliphatic hydroxyl groups is 1. The molecule has 1 aromatic rings. The van der Waals surface area contributed by atoms with Gasteiger partial charge in [0.2, 0.25) is 0 Å². The van der Waals surface area contributed by atoms with Gasteiger partial charge in [-0.1, -0.05) is 24.3 Å². The first-order chi connectivity index (χ1) is 12.6. The van der Waals surface area contributed by atoms with Crippen LogP contribution in [-0.4, -0.2) is 22.8 Å². The van der Waals surface area contributed by atoms with Gasteiger partial charge in [0, 0.05) is 36.3 Å². The maximum absolute atomic E-state index is 12.8. The number of ether oxygens (including phenoxy) is 1. The number of benzene rings is 1. The standard InChI is InChI=1S/C22H24O4/c1-2-6-13-7-3-8-14-19(20-15(23)9-4-10-16(20)24)21-17(25)11-5-12-18(21)26-22(13)14/h2-3,7-8,18-19,21,23H,1,4-6,9-12H2/t18-,19-,21-/m1/s1. The second-order valence-corrected chi connectivity index (χ2v) is 7.48. The molecular weight excluding hydrogens is 328 g/mol. The molecule has 0 radical (unpaired) electrons. The minimum absolute atomic E-state index is 0.0298. The van der Waals surface area contributed by atoms with E-state index < -0.39 is 5.92 Å². The van der Waals surface area contributed by atoms with Gasteiger partial charge in [0.1, 0.15) is 17.6 Å². The Bertz CT molecular complexity index is 804. The van der Waals surface area contributed by atoms with Crippen LogP contribution < -0.4 is 4.74 Å². The van der Waals surface area contributed by atoms with Crippen molar-refractivity contribution in [3.8, 4) is 5.75 Å². The molecule has 0 aromatic heterocycles. The van der Waals surface area contributed by atoms with Crippen LogP contribution in [0.25, 0.3) is 0 Å². The van der Waals surface area contributed by atoms with E-state index in [0.717, 1.165) is 29.7 Å². The van der Waals surface area contributed by atoms with Crippen molar-refractivity contribution in [2.45, 2.75) is 57.0 Å². The number of hydrogen-bond acceptors (Lipinski definition) is 4. The highest BCUT2D eigenvalue weighted by Gasteiger charge is 2.48. The van der Waals surface area contributed by atoms with Gasteiger partial charge in [0.15, 0.2) is 5.78 Å². The van der Waals surface area contributed by atoms with E-state index in [9.17, 15) is 14.7 Å². The van der Waals surface area contributed by atoms with Crippen molar-refractivity contribution >= 4 is 11.6 Å². The van der Waals surface area contributed by atoms with E-state index in [2.05, 4.69) is 6.58 Å². The van der Waals surface area contributed by atoms with E-state index in [1.54, 1.807) is 0 Å². The first-order valence-electron chi connectivity index (χ1n) is 9.49. The molecule has 1 saturated carbocycles. The second kappa shape index (κ2) is 6.75. The molecule has 136 valence electrons. The zero-order valence-electron chi connectivity index (χ0n) is 14.9. The van der Waals surface area contributed by atoms with E-state index in [-0.39, 0.29) is 29.3 Å². The molecule has 4 heteroatoms. The Hall–Kier alpha value is -2.36. The van der Waals surface area contributed by atoms with Crippen LogP contribution in [0.2, 0.25) is 0 Å². The topological polar surface area (TPSA) is 63.6 Å². The van der Waals surface area contributed by atoms with Crippen molar-refractivity contribution in [3.63, 3.8) is 0 Å². The van der Waals surface area contributed by atoms with Crippen molar-refractivity contribution in [1.29, 1.82) is 0 Å². The predicted molar refractivity (Wildman–Crippen MR) is 98.4 cm³/mol. The molecule has 4 nitrogen and oxygen atoms in total. The summed E-state index contributed by atoms with van der Waals surface area (Å²) in [5.41, 5.74) is 2.32. The Balaban J connectivity index is 1.92. The molecule has 1 N–H and O–H groups in total. The van der Waals surface area contributed by atoms with Gasteiger partial charge < -0.3 is 9.84 Å².